The molecule has 1 fully saturated rings. The number of piperidine rings is 1. The van der Waals surface area contributed by atoms with E-state index in [1.54, 1.807) is 0 Å². The van der Waals surface area contributed by atoms with E-state index in [0.717, 1.165) is 55.9 Å². The highest BCUT2D eigenvalue weighted by molar-refractivity contribution is 5.66. The van der Waals surface area contributed by atoms with Crippen LogP contribution in [-0.2, 0) is 11.2 Å². The largest absolute Gasteiger partial charge is 0.485 e. The van der Waals surface area contributed by atoms with Crippen LogP contribution in [-0.4, -0.2) is 42.8 Å². The van der Waals surface area contributed by atoms with Gasteiger partial charge in [0.2, 0.25) is 0 Å². The molecule has 2 aliphatic rings. The van der Waals surface area contributed by atoms with Gasteiger partial charge in [-0.2, -0.15) is 0 Å². The number of anilines is 1. The number of fused-ring (bicyclic) bond motifs is 1. The second kappa shape index (κ2) is 9.05. The van der Waals surface area contributed by atoms with E-state index in [1.807, 2.05) is 6.07 Å². The SMILES string of the molecule is Cc1c(C)c2c(c(C)c1N)CC(C)(CN1CCC(OCC=Cc3ccccc3)CC1)O2. The van der Waals surface area contributed by atoms with Crippen molar-refractivity contribution >= 4 is 11.8 Å². The van der Waals surface area contributed by atoms with Crippen LogP contribution in [0.15, 0.2) is 36.4 Å². The van der Waals surface area contributed by atoms with E-state index in [4.69, 9.17) is 15.2 Å². The van der Waals surface area contributed by atoms with E-state index in [1.165, 1.54) is 22.3 Å². The molecule has 2 aromatic carbocycles. The van der Waals surface area contributed by atoms with Gasteiger partial charge < -0.3 is 15.2 Å². The Hall–Kier alpha value is -2.30. The van der Waals surface area contributed by atoms with Crippen molar-refractivity contribution in [2.24, 2.45) is 0 Å². The first-order valence-corrected chi connectivity index (χ1v) is 11.5. The van der Waals surface area contributed by atoms with Gasteiger partial charge in [-0.25, -0.2) is 0 Å². The van der Waals surface area contributed by atoms with Crippen molar-refractivity contribution in [2.75, 3.05) is 32.0 Å². The Morgan fingerprint density at radius 1 is 1.10 bits per heavy atom. The van der Waals surface area contributed by atoms with Gasteiger partial charge in [-0.1, -0.05) is 42.5 Å². The number of nitrogen functional groups attached to an aromatic ring is 1. The highest BCUT2D eigenvalue weighted by Gasteiger charge is 2.39. The third-order valence-electron chi connectivity index (χ3n) is 6.97. The lowest BCUT2D eigenvalue weighted by molar-refractivity contribution is -0.00172. The molecule has 0 spiro atoms. The molecule has 1 unspecified atom stereocenters. The van der Waals surface area contributed by atoms with Crippen LogP contribution in [0.25, 0.3) is 6.08 Å². The van der Waals surface area contributed by atoms with Crippen molar-refractivity contribution in [2.45, 2.75) is 58.7 Å². The van der Waals surface area contributed by atoms with Crippen LogP contribution < -0.4 is 10.5 Å². The molecule has 0 bridgehead atoms. The lowest BCUT2D eigenvalue weighted by atomic mass is 9.91. The van der Waals surface area contributed by atoms with E-state index in [2.05, 4.69) is 69.0 Å². The van der Waals surface area contributed by atoms with E-state index < -0.39 is 0 Å². The van der Waals surface area contributed by atoms with E-state index >= 15 is 0 Å². The van der Waals surface area contributed by atoms with E-state index in [-0.39, 0.29) is 5.60 Å². The van der Waals surface area contributed by atoms with Gasteiger partial charge in [0.15, 0.2) is 0 Å². The number of ether oxygens (including phenoxy) is 2. The third kappa shape index (κ3) is 4.81. The maximum Gasteiger partial charge on any atom is 0.127 e. The first-order chi connectivity index (χ1) is 14.9. The second-order valence-electron chi connectivity index (χ2n) is 9.45. The number of nitrogens with zero attached hydrogens (tertiary/aromatic N) is 1. The zero-order valence-electron chi connectivity index (χ0n) is 19.4. The molecule has 0 amide bonds. The van der Waals surface area contributed by atoms with Gasteiger partial charge in [0, 0.05) is 37.3 Å². The molecule has 0 radical (unpaired) electrons. The molecule has 1 saturated heterocycles. The third-order valence-corrected chi connectivity index (χ3v) is 6.97. The molecule has 31 heavy (non-hydrogen) atoms. The Bertz CT molecular complexity index is 907. The van der Waals surface area contributed by atoms with Crippen molar-refractivity contribution in [3.63, 3.8) is 0 Å². The number of benzene rings is 2. The first kappa shape index (κ1) is 21.9. The molecular weight excluding hydrogens is 384 g/mol. The van der Waals surface area contributed by atoms with Gasteiger partial charge in [0.1, 0.15) is 11.4 Å². The van der Waals surface area contributed by atoms with Gasteiger partial charge in [-0.15, -0.1) is 0 Å². The van der Waals surface area contributed by atoms with Crippen LogP contribution in [0.5, 0.6) is 5.75 Å². The monoisotopic (exact) mass is 420 g/mol. The average Bonchev–Trinajstić information content (AvgIpc) is 3.13. The first-order valence-electron chi connectivity index (χ1n) is 11.5. The van der Waals surface area contributed by atoms with Crippen LogP contribution in [0.1, 0.15) is 47.6 Å². The van der Waals surface area contributed by atoms with Crippen LogP contribution >= 0.6 is 0 Å². The van der Waals surface area contributed by atoms with Crippen molar-refractivity contribution in [3.05, 3.63) is 64.2 Å². The topological polar surface area (TPSA) is 47.7 Å². The van der Waals surface area contributed by atoms with E-state index in [9.17, 15) is 0 Å². The fourth-order valence-electron chi connectivity index (χ4n) is 4.96. The summed E-state index contributed by atoms with van der Waals surface area (Å²) in [6.45, 7) is 12.3. The molecule has 0 aromatic heterocycles. The summed E-state index contributed by atoms with van der Waals surface area (Å²) in [6.07, 6.45) is 7.67. The highest BCUT2D eigenvalue weighted by atomic mass is 16.5. The minimum absolute atomic E-state index is 0.190. The Morgan fingerprint density at radius 2 is 1.81 bits per heavy atom. The van der Waals surface area contributed by atoms with Crippen LogP contribution in [0.4, 0.5) is 5.69 Å². The van der Waals surface area contributed by atoms with E-state index in [0.29, 0.717) is 12.7 Å². The summed E-state index contributed by atoms with van der Waals surface area (Å²) in [5.41, 5.74) is 13.1. The van der Waals surface area contributed by atoms with Gasteiger partial charge in [-0.05, 0) is 62.8 Å². The summed E-state index contributed by atoms with van der Waals surface area (Å²) in [5, 5.41) is 0. The lowest BCUT2D eigenvalue weighted by Gasteiger charge is -2.36. The van der Waals surface area contributed by atoms with Gasteiger partial charge in [-0.3, -0.25) is 4.90 Å². The summed E-state index contributed by atoms with van der Waals surface area (Å²) in [6, 6.07) is 10.4. The van der Waals surface area contributed by atoms with Gasteiger partial charge >= 0.3 is 0 Å². The molecule has 2 aromatic rings. The fraction of sp³-hybridized carbons (Fsp3) is 0.481. The molecule has 2 heterocycles. The zero-order chi connectivity index (χ0) is 22.0. The highest BCUT2D eigenvalue weighted by Crippen LogP contribution is 2.44. The quantitative estimate of drug-likeness (QED) is 0.662. The van der Waals surface area contributed by atoms with Crippen LogP contribution in [0.2, 0.25) is 0 Å². The number of rotatable bonds is 6. The number of hydrogen-bond donors (Lipinski definition) is 1. The second-order valence-corrected chi connectivity index (χ2v) is 9.45. The van der Waals surface area contributed by atoms with Gasteiger partial charge in [0.25, 0.3) is 0 Å². The molecule has 1 atom stereocenters. The van der Waals surface area contributed by atoms with Gasteiger partial charge in [0.05, 0.1) is 12.7 Å². The lowest BCUT2D eigenvalue weighted by Crippen LogP contribution is -2.48. The minimum atomic E-state index is -0.190. The molecule has 0 aliphatic carbocycles. The van der Waals surface area contributed by atoms with Crippen molar-refractivity contribution in [1.29, 1.82) is 0 Å². The fourth-order valence-corrected chi connectivity index (χ4v) is 4.96. The number of likely N-dealkylation sites (tertiary alicyclic amines) is 1. The van der Waals surface area contributed by atoms with Crippen molar-refractivity contribution in [3.8, 4) is 5.75 Å². The Balaban J connectivity index is 1.27. The Morgan fingerprint density at radius 3 is 2.52 bits per heavy atom. The molecule has 166 valence electrons. The summed E-state index contributed by atoms with van der Waals surface area (Å²) in [4.78, 5) is 2.53. The maximum absolute atomic E-state index is 6.56. The normalized spacial score (nSPS) is 22.1. The molecule has 4 heteroatoms. The predicted octanol–water partition coefficient (Wildman–Crippen LogP) is 5.08. The number of hydrogen-bond acceptors (Lipinski definition) is 4. The van der Waals surface area contributed by atoms with Crippen molar-refractivity contribution in [1.82, 2.24) is 4.90 Å². The standard InChI is InChI=1S/C27H36N2O2/c1-19-20(2)26-24(21(3)25(19)28)17-27(4,31-26)18-29-14-12-23(13-15-29)30-16-8-11-22-9-6-5-7-10-22/h5-11,23H,12-18,28H2,1-4H3. The molecule has 2 aliphatic heterocycles. The predicted molar refractivity (Wildman–Crippen MR) is 129 cm³/mol. The van der Waals surface area contributed by atoms with Crippen molar-refractivity contribution < 1.29 is 9.47 Å². The maximum atomic E-state index is 6.56. The smallest absolute Gasteiger partial charge is 0.127 e. The van der Waals surface area contributed by atoms with Crippen LogP contribution in [0, 0.1) is 20.8 Å². The average molecular weight is 421 g/mol. The molecule has 2 N–H and O–H groups in total. The van der Waals surface area contributed by atoms with Crippen LogP contribution in [0.3, 0.4) is 0 Å². The Labute approximate surface area is 187 Å². The summed E-state index contributed by atoms with van der Waals surface area (Å²) in [5.74, 6) is 1.06. The molecule has 0 saturated carbocycles. The molecule has 4 rings (SSSR count). The Kier molecular flexibility index (Phi) is 6.40. The minimum Gasteiger partial charge on any atom is -0.485 e. The molecular formula is C27H36N2O2. The summed E-state index contributed by atoms with van der Waals surface area (Å²) >= 11 is 0. The summed E-state index contributed by atoms with van der Waals surface area (Å²) in [7, 11) is 0. The summed E-state index contributed by atoms with van der Waals surface area (Å²) < 4.78 is 12.7. The number of nitrogens with two attached hydrogens (primary N) is 1. The molecule has 4 nitrogen and oxygen atoms in total. The zero-order valence-corrected chi connectivity index (χ0v) is 19.4.